The standard InChI is InChI=1S/C22H19BrN2O6/c1-3-10-31-18-9-6-15(23)11-14(18)12-17-19(26)24-22(29)25(20(17)27)16-7-4-13(5-8-16)21(28)30-2/h4-9,11-12H,3,10H2,1-2H3,(H,24,26,29)/b17-12+. The van der Waals surface area contributed by atoms with Gasteiger partial charge in [-0.3, -0.25) is 14.9 Å². The lowest BCUT2D eigenvalue weighted by molar-refractivity contribution is -0.122. The molecule has 1 aliphatic heterocycles. The maximum absolute atomic E-state index is 13.1. The molecule has 0 spiro atoms. The number of halogens is 1. The van der Waals surface area contributed by atoms with Gasteiger partial charge in [-0.25, -0.2) is 14.5 Å². The molecule has 0 radical (unpaired) electrons. The Bertz CT molecular complexity index is 1080. The zero-order valence-electron chi connectivity index (χ0n) is 16.8. The molecule has 0 atom stereocenters. The van der Waals surface area contributed by atoms with E-state index in [2.05, 4.69) is 26.0 Å². The van der Waals surface area contributed by atoms with Gasteiger partial charge in [0.15, 0.2) is 0 Å². The molecule has 0 saturated carbocycles. The second kappa shape index (κ2) is 9.57. The van der Waals surface area contributed by atoms with Crippen LogP contribution < -0.4 is 15.0 Å². The lowest BCUT2D eigenvalue weighted by Crippen LogP contribution is -2.54. The molecular weight excluding hydrogens is 468 g/mol. The molecule has 1 aliphatic rings. The van der Waals surface area contributed by atoms with Crippen LogP contribution in [0.25, 0.3) is 6.08 Å². The van der Waals surface area contributed by atoms with Crippen LogP contribution in [0.3, 0.4) is 0 Å². The van der Waals surface area contributed by atoms with E-state index in [1.165, 1.54) is 37.5 Å². The summed E-state index contributed by atoms with van der Waals surface area (Å²) in [4.78, 5) is 50.3. The van der Waals surface area contributed by atoms with E-state index in [1.807, 2.05) is 6.92 Å². The largest absolute Gasteiger partial charge is 0.493 e. The Hall–Kier alpha value is -3.46. The Morgan fingerprint density at radius 1 is 1.13 bits per heavy atom. The van der Waals surface area contributed by atoms with Crippen molar-refractivity contribution in [1.29, 1.82) is 0 Å². The second-order valence-corrected chi connectivity index (χ2v) is 7.44. The Kier molecular flexibility index (Phi) is 6.86. The van der Waals surface area contributed by atoms with Gasteiger partial charge in [-0.1, -0.05) is 22.9 Å². The quantitative estimate of drug-likeness (QED) is 0.379. The number of hydrogen-bond acceptors (Lipinski definition) is 6. The molecule has 160 valence electrons. The van der Waals surface area contributed by atoms with Crippen LogP contribution in [0.15, 0.2) is 52.5 Å². The SMILES string of the molecule is CCCOc1ccc(Br)cc1/C=C1\C(=O)NC(=O)N(c2ccc(C(=O)OC)cc2)C1=O. The van der Waals surface area contributed by atoms with Gasteiger partial charge in [-0.15, -0.1) is 0 Å². The summed E-state index contributed by atoms with van der Waals surface area (Å²) in [6.45, 7) is 2.43. The molecule has 9 heteroatoms. The first-order valence-electron chi connectivity index (χ1n) is 9.38. The van der Waals surface area contributed by atoms with E-state index in [1.54, 1.807) is 18.2 Å². The number of amides is 4. The van der Waals surface area contributed by atoms with Gasteiger partial charge in [0.05, 0.1) is 25.0 Å². The maximum atomic E-state index is 13.1. The Morgan fingerprint density at radius 2 is 1.84 bits per heavy atom. The van der Waals surface area contributed by atoms with Crippen molar-refractivity contribution >= 4 is 51.5 Å². The predicted octanol–water partition coefficient (Wildman–Crippen LogP) is 3.69. The number of carbonyl (C=O) groups excluding carboxylic acids is 4. The molecule has 8 nitrogen and oxygen atoms in total. The molecule has 3 rings (SSSR count). The van der Waals surface area contributed by atoms with E-state index >= 15 is 0 Å². The van der Waals surface area contributed by atoms with E-state index in [0.29, 0.717) is 17.9 Å². The summed E-state index contributed by atoms with van der Waals surface area (Å²) >= 11 is 3.37. The number of imide groups is 2. The monoisotopic (exact) mass is 486 g/mol. The number of hydrogen-bond donors (Lipinski definition) is 1. The van der Waals surface area contributed by atoms with Gasteiger partial charge >= 0.3 is 12.0 Å². The predicted molar refractivity (Wildman–Crippen MR) is 117 cm³/mol. The smallest absolute Gasteiger partial charge is 0.337 e. The number of barbiturate groups is 1. The van der Waals surface area contributed by atoms with E-state index in [0.717, 1.165) is 15.8 Å². The van der Waals surface area contributed by atoms with Crippen LogP contribution >= 0.6 is 15.9 Å². The van der Waals surface area contributed by atoms with Gasteiger partial charge in [0.2, 0.25) is 0 Å². The van der Waals surface area contributed by atoms with Crippen molar-refractivity contribution in [3.63, 3.8) is 0 Å². The van der Waals surface area contributed by atoms with Crippen LogP contribution in [0, 0.1) is 0 Å². The zero-order chi connectivity index (χ0) is 22.5. The molecule has 31 heavy (non-hydrogen) atoms. The number of benzene rings is 2. The zero-order valence-corrected chi connectivity index (χ0v) is 18.4. The topological polar surface area (TPSA) is 102 Å². The molecule has 0 aliphatic carbocycles. The number of ether oxygens (including phenoxy) is 2. The van der Waals surface area contributed by atoms with Crippen LogP contribution in [0.2, 0.25) is 0 Å². The van der Waals surface area contributed by atoms with Crippen LogP contribution in [-0.4, -0.2) is 37.5 Å². The summed E-state index contributed by atoms with van der Waals surface area (Å²) in [5.41, 5.74) is 0.743. The van der Waals surface area contributed by atoms with Crippen molar-refractivity contribution in [3.05, 3.63) is 63.6 Å². The molecular formula is C22H19BrN2O6. The number of methoxy groups -OCH3 is 1. The van der Waals surface area contributed by atoms with E-state index < -0.39 is 23.8 Å². The highest BCUT2D eigenvalue weighted by molar-refractivity contribution is 9.10. The Morgan fingerprint density at radius 3 is 2.48 bits per heavy atom. The lowest BCUT2D eigenvalue weighted by atomic mass is 10.1. The summed E-state index contributed by atoms with van der Waals surface area (Å²) in [6, 6.07) is 10.0. The molecule has 0 aromatic heterocycles. The fourth-order valence-electron chi connectivity index (χ4n) is 2.89. The summed E-state index contributed by atoms with van der Waals surface area (Å²) < 4.78 is 11.1. The molecule has 0 bridgehead atoms. The average Bonchev–Trinajstić information content (AvgIpc) is 2.75. The van der Waals surface area contributed by atoms with Gasteiger partial charge in [-0.2, -0.15) is 0 Å². The van der Waals surface area contributed by atoms with Gasteiger partial charge in [0, 0.05) is 10.0 Å². The van der Waals surface area contributed by atoms with Crippen molar-refractivity contribution in [2.24, 2.45) is 0 Å². The van der Waals surface area contributed by atoms with Crippen molar-refractivity contribution in [3.8, 4) is 5.75 Å². The van der Waals surface area contributed by atoms with Crippen LogP contribution in [-0.2, 0) is 14.3 Å². The van der Waals surface area contributed by atoms with Gasteiger partial charge in [0.1, 0.15) is 11.3 Å². The lowest BCUT2D eigenvalue weighted by Gasteiger charge is -2.26. The first kappa shape index (κ1) is 22.2. The molecule has 1 saturated heterocycles. The van der Waals surface area contributed by atoms with Crippen molar-refractivity contribution in [2.75, 3.05) is 18.6 Å². The van der Waals surface area contributed by atoms with Crippen molar-refractivity contribution < 1.29 is 28.7 Å². The van der Waals surface area contributed by atoms with Gasteiger partial charge in [0.25, 0.3) is 11.8 Å². The normalized spacial score (nSPS) is 15.1. The third-order valence-corrected chi connectivity index (χ3v) is 4.87. The van der Waals surface area contributed by atoms with Gasteiger partial charge in [-0.05, 0) is 55.0 Å². The number of esters is 1. The minimum Gasteiger partial charge on any atom is -0.493 e. The number of carbonyl (C=O) groups is 4. The minimum absolute atomic E-state index is 0.199. The summed E-state index contributed by atoms with van der Waals surface area (Å²) in [5, 5.41) is 2.17. The number of rotatable bonds is 6. The van der Waals surface area contributed by atoms with Crippen LogP contribution in [0.5, 0.6) is 5.75 Å². The van der Waals surface area contributed by atoms with Crippen LogP contribution in [0.1, 0.15) is 29.3 Å². The molecule has 0 unspecified atom stereocenters. The summed E-state index contributed by atoms with van der Waals surface area (Å²) in [6.07, 6.45) is 2.17. The van der Waals surface area contributed by atoms with Crippen LogP contribution in [0.4, 0.5) is 10.5 Å². The van der Waals surface area contributed by atoms with Crippen molar-refractivity contribution in [1.82, 2.24) is 5.32 Å². The molecule has 1 N–H and O–H groups in total. The van der Waals surface area contributed by atoms with E-state index in [4.69, 9.17) is 4.74 Å². The van der Waals surface area contributed by atoms with Crippen molar-refractivity contribution in [2.45, 2.75) is 13.3 Å². The molecule has 2 aromatic rings. The average molecular weight is 487 g/mol. The van der Waals surface area contributed by atoms with E-state index in [9.17, 15) is 19.2 Å². The molecule has 2 aromatic carbocycles. The molecule has 1 heterocycles. The Balaban J connectivity index is 1.98. The first-order chi connectivity index (χ1) is 14.8. The first-order valence-corrected chi connectivity index (χ1v) is 10.2. The Labute approximate surface area is 186 Å². The summed E-state index contributed by atoms with van der Waals surface area (Å²) in [7, 11) is 1.25. The maximum Gasteiger partial charge on any atom is 0.337 e. The third kappa shape index (κ3) is 4.83. The number of nitrogens with zero attached hydrogens (tertiary/aromatic N) is 1. The minimum atomic E-state index is -0.880. The number of nitrogens with one attached hydrogen (secondary N) is 1. The highest BCUT2D eigenvalue weighted by Gasteiger charge is 2.37. The number of urea groups is 1. The fourth-order valence-corrected chi connectivity index (χ4v) is 3.27. The highest BCUT2D eigenvalue weighted by atomic mass is 79.9. The third-order valence-electron chi connectivity index (χ3n) is 4.38. The summed E-state index contributed by atoms with van der Waals surface area (Å²) in [5.74, 6) is -1.64. The molecule has 1 fully saturated rings. The van der Waals surface area contributed by atoms with Gasteiger partial charge < -0.3 is 9.47 Å². The fraction of sp³-hybridized carbons (Fsp3) is 0.182. The highest BCUT2D eigenvalue weighted by Crippen LogP contribution is 2.28. The molecule has 4 amide bonds. The second-order valence-electron chi connectivity index (χ2n) is 6.53. The van der Waals surface area contributed by atoms with E-state index in [-0.39, 0.29) is 16.8 Å². The number of anilines is 1.